The minimum absolute atomic E-state index is 0.234. The summed E-state index contributed by atoms with van der Waals surface area (Å²) in [5.41, 5.74) is 0. The maximum absolute atomic E-state index is 12.1. The third kappa shape index (κ3) is 5.94. The van der Waals surface area contributed by atoms with Gasteiger partial charge in [-0.1, -0.05) is 20.8 Å². The molecule has 2 amide bonds. The van der Waals surface area contributed by atoms with Gasteiger partial charge in [0, 0.05) is 13.1 Å². The maximum atomic E-state index is 12.1. The Kier molecular flexibility index (Phi) is 6.12. The lowest BCUT2D eigenvalue weighted by molar-refractivity contribution is -0.139. The van der Waals surface area contributed by atoms with Gasteiger partial charge in [0.15, 0.2) is 0 Å². The summed E-state index contributed by atoms with van der Waals surface area (Å²) in [6.45, 7) is 7.38. The number of nitrogens with zero attached hydrogens (tertiary/aromatic N) is 1. The van der Waals surface area contributed by atoms with Crippen molar-refractivity contribution in [2.45, 2.75) is 52.5 Å². The highest BCUT2D eigenvalue weighted by atomic mass is 16.4. The molecule has 0 bridgehead atoms. The van der Waals surface area contributed by atoms with E-state index in [2.05, 4.69) is 5.32 Å². The van der Waals surface area contributed by atoms with Crippen molar-refractivity contribution < 1.29 is 14.7 Å². The fourth-order valence-electron chi connectivity index (χ4n) is 2.09. The summed E-state index contributed by atoms with van der Waals surface area (Å²) in [6, 6.07) is -1.02. The zero-order valence-corrected chi connectivity index (χ0v) is 12.2. The Hall–Kier alpha value is -1.26. The van der Waals surface area contributed by atoms with Gasteiger partial charge >= 0.3 is 12.0 Å². The van der Waals surface area contributed by atoms with Gasteiger partial charge in [-0.3, -0.25) is 0 Å². The standard InChI is InChI=1S/C14H26N2O3/c1-4-7-16(9-11-5-6-11)14(19)15-12(13(17)18)8-10(2)3/h10-12H,4-9H2,1-3H3,(H,15,19)(H,17,18)/t12-/m1/s1. The molecule has 1 fully saturated rings. The second kappa shape index (κ2) is 7.36. The molecular formula is C14H26N2O3. The van der Waals surface area contributed by atoms with Crippen LogP contribution in [0.25, 0.3) is 0 Å². The first-order valence-electron chi connectivity index (χ1n) is 7.22. The monoisotopic (exact) mass is 270 g/mol. The molecule has 2 N–H and O–H groups in total. The van der Waals surface area contributed by atoms with Crippen molar-refractivity contribution in [2.75, 3.05) is 13.1 Å². The van der Waals surface area contributed by atoms with Crippen LogP contribution in [0.3, 0.4) is 0 Å². The van der Waals surface area contributed by atoms with Gasteiger partial charge in [-0.25, -0.2) is 9.59 Å². The van der Waals surface area contributed by atoms with Gasteiger partial charge in [0.05, 0.1) is 0 Å². The highest BCUT2D eigenvalue weighted by Crippen LogP contribution is 2.29. The van der Waals surface area contributed by atoms with Crippen molar-refractivity contribution >= 4 is 12.0 Å². The molecule has 0 radical (unpaired) electrons. The molecule has 1 atom stereocenters. The normalized spacial score (nSPS) is 16.2. The Morgan fingerprint density at radius 2 is 2.00 bits per heavy atom. The zero-order chi connectivity index (χ0) is 14.4. The molecule has 1 saturated carbocycles. The van der Waals surface area contributed by atoms with Crippen LogP contribution < -0.4 is 5.32 Å². The molecule has 0 aromatic carbocycles. The molecule has 0 spiro atoms. The Morgan fingerprint density at radius 3 is 2.42 bits per heavy atom. The van der Waals surface area contributed by atoms with E-state index >= 15 is 0 Å². The van der Waals surface area contributed by atoms with Crippen LogP contribution in [0.15, 0.2) is 0 Å². The molecule has 0 unspecified atom stereocenters. The first-order chi connectivity index (χ1) is 8.93. The molecular weight excluding hydrogens is 244 g/mol. The molecule has 0 heterocycles. The van der Waals surface area contributed by atoms with E-state index in [1.54, 1.807) is 4.90 Å². The zero-order valence-electron chi connectivity index (χ0n) is 12.2. The summed E-state index contributed by atoms with van der Waals surface area (Å²) < 4.78 is 0. The van der Waals surface area contributed by atoms with Gasteiger partial charge in [0.25, 0.3) is 0 Å². The predicted octanol–water partition coefficient (Wildman–Crippen LogP) is 2.32. The number of carboxylic acid groups (broad SMARTS) is 1. The van der Waals surface area contributed by atoms with Gasteiger partial charge in [-0.05, 0) is 37.5 Å². The van der Waals surface area contributed by atoms with Crippen LogP contribution >= 0.6 is 0 Å². The van der Waals surface area contributed by atoms with Crippen molar-refractivity contribution in [1.82, 2.24) is 10.2 Å². The van der Waals surface area contributed by atoms with E-state index in [1.807, 2.05) is 20.8 Å². The third-order valence-corrected chi connectivity index (χ3v) is 3.26. The topological polar surface area (TPSA) is 69.6 Å². The minimum Gasteiger partial charge on any atom is -0.480 e. The maximum Gasteiger partial charge on any atom is 0.326 e. The number of carbonyl (C=O) groups is 2. The molecule has 0 aromatic rings. The van der Waals surface area contributed by atoms with Crippen molar-refractivity contribution in [3.8, 4) is 0 Å². The van der Waals surface area contributed by atoms with E-state index in [0.29, 0.717) is 18.9 Å². The number of carbonyl (C=O) groups excluding carboxylic acids is 1. The summed E-state index contributed by atoms with van der Waals surface area (Å²) in [5.74, 6) is -0.0972. The number of nitrogens with one attached hydrogen (secondary N) is 1. The SMILES string of the molecule is CCCN(CC1CC1)C(=O)N[C@H](CC(C)C)C(=O)O. The van der Waals surface area contributed by atoms with Crippen molar-refractivity contribution in [3.05, 3.63) is 0 Å². The van der Waals surface area contributed by atoms with E-state index in [9.17, 15) is 9.59 Å². The van der Waals surface area contributed by atoms with Crippen molar-refractivity contribution in [2.24, 2.45) is 11.8 Å². The van der Waals surface area contributed by atoms with Crippen LogP contribution in [-0.4, -0.2) is 41.1 Å². The van der Waals surface area contributed by atoms with Crippen molar-refractivity contribution in [1.29, 1.82) is 0 Å². The highest BCUT2D eigenvalue weighted by Gasteiger charge is 2.28. The Bertz CT molecular complexity index is 314. The van der Waals surface area contributed by atoms with E-state index in [-0.39, 0.29) is 11.9 Å². The number of urea groups is 1. The minimum atomic E-state index is -0.954. The molecule has 5 nitrogen and oxygen atoms in total. The summed E-state index contributed by atoms with van der Waals surface area (Å²) in [5, 5.41) is 11.8. The summed E-state index contributed by atoms with van der Waals surface area (Å²) in [6.07, 6.45) is 3.72. The van der Waals surface area contributed by atoms with Gasteiger partial charge in [0.1, 0.15) is 6.04 Å². The summed E-state index contributed by atoms with van der Waals surface area (Å²) >= 11 is 0. The summed E-state index contributed by atoms with van der Waals surface area (Å²) in [4.78, 5) is 25.1. The number of hydrogen-bond acceptors (Lipinski definition) is 2. The highest BCUT2D eigenvalue weighted by molar-refractivity contribution is 5.82. The van der Waals surface area contributed by atoms with Crippen LogP contribution in [0.5, 0.6) is 0 Å². The fraction of sp³-hybridized carbons (Fsp3) is 0.857. The van der Waals surface area contributed by atoms with Crippen LogP contribution in [0.2, 0.25) is 0 Å². The molecule has 0 aromatic heterocycles. The average Bonchev–Trinajstić information content (AvgIpc) is 3.10. The van der Waals surface area contributed by atoms with E-state index in [4.69, 9.17) is 5.11 Å². The van der Waals surface area contributed by atoms with Crippen LogP contribution in [0.1, 0.15) is 46.5 Å². The summed E-state index contributed by atoms with van der Waals surface area (Å²) in [7, 11) is 0. The first-order valence-corrected chi connectivity index (χ1v) is 7.22. The number of hydrogen-bond donors (Lipinski definition) is 2. The van der Waals surface area contributed by atoms with Gasteiger partial charge < -0.3 is 15.3 Å². The van der Waals surface area contributed by atoms with E-state index < -0.39 is 12.0 Å². The van der Waals surface area contributed by atoms with E-state index in [1.165, 1.54) is 12.8 Å². The second-order valence-electron chi connectivity index (χ2n) is 5.86. The lowest BCUT2D eigenvalue weighted by atomic mass is 10.0. The number of aliphatic carboxylic acids is 1. The number of carboxylic acids is 1. The molecule has 0 saturated heterocycles. The van der Waals surface area contributed by atoms with Gasteiger partial charge in [0.2, 0.25) is 0 Å². The largest absolute Gasteiger partial charge is 0.480 e. The smallest absolute Gasteiger partial charge is 0.326 e. The molecule has 1 rings (SSSR count). The Balaban J connectivity index is 2.53. The first kappa shape index (κ1) is 15.8. The number of amides is 2. The third-order valence-electron chi connectivity index (χ3n) is 3.26. The van der Waals surface area contributed by atoms with Crippen LogP contribution in [-0.2, 0) is 4.79 Å². The quantitative estimate of drug-likeness (QED) is 0.711. The Labute approximate surface area is 115 Å². The molecule has 5 heteroatoms. The molecule has 0 aliphatic heterocycles. The van der Waals surface area contributed by atoms with E-state index in [0.717, 1.165) is 13.0 Å². The lowest BCUT2D eigenvalue weighted by Gasteiger charge is -2.25. The molecule has 110 valence electrons. The Morgan fingerprint density at radius 1 is 1.37 bits per heavy atom. The van der Waals surface area contributed by atoms with Crippen molar-refractivity contribution in [3.63, 3.8) is 0 Å². The lowest BCUT2D eigenvalue weighted by Crippen LogP contribution is -2.49. The predicted molar refractivity (Wildman–Crippen MR) is 74.0 cm³/mol. The molecule has 19 heavy (non-hydrogen) atoms. The van der Waals surface area contributed by atoms with Crippen LogP contribution in [0.4, 0.5) is 4.79 Å². The van der Waals surface area contributed by atoms with Gasteiger partial charge in [-0.15, -0.1) is 0 Å². The van der Waals surface area contributed by atoms with Crippen LogP contribution in [0, 0.1) is 11.8 Å². The number of rotatable bonds is 8. The molecule has 1 aliphatic carbocycles. The van der Waals surface area contributed by atoms with Gasteiger partial charge in [-0.2, -0.15) is 0 Å². The fourth-order valence-corrected chi connectivity index (χ4v) is 2.09. The second-order valence-corrected chi connectivity index (χ2v) is 5.86. The average molecular weight is 270 g/mol. The molecule has 1 aliphatic rings.